The Labute approximate surface area is 188 Å². The van der Waals surface area contributed by atoms with E-state index in [1.807, 2.05) is 31.9 Å². The molecule has 33 heavy (non-hydrogen) atoms. The van der Waals surface area contributed by atoms with Gasteiger partial charge < -0.3 is 15.7 Å². The number of hydrogen-bond donors (Lipinski definition) is 2. The van der Waals surface area contributed by atoms with E-state index in [1.54, 1.807) is 10.7 Å². The zero-order valence-electron chi connectivity index (χ0n) is 18.6. The molecule has 8 nitrogen and oxygen atoms in total. The number of carbonyl (C=O) groups excluding carboxylic acids is 1. The van der Waals surface area contributed by atoms with Gasteiger partial charge in [-0.05, 0) is 57.2 Å². The Balaban J connectivity index is 0.000000479. The van der Waals surface area contributed by atoms with Crippen LogP contribution in [0.3, 0.4) is 0 Å². The summed E-state index contributed by atoms with van der Waals surface area (Å²) in [5.41, 5.74) is 7.52. The van der Waals surface area contributed by atoms with Gasteiger partial charge in [0.05, 0.1) is 11.7 Å². The number of carbonyl (C=O) groups is 2. The van der Waals surface area contributed by atoms with E-state index in [9.17, 15) is 22.4 Å². The summed E-state index contributed by atoms with van der Waals surface area (Å²) in [6, 6.07) is 4.36. The summed E-state index contributed by atoms with van der Waals surface area (Å²) < 4.78 is 47.1. The summed E-state index contributed by atoms with van der Waals surface area (Å²) in [7, 11) is 0. The lowest BCUT2D eigenvalue weighted by Gasteiger charge is -2.33. The number of likely N-dealkylation sites (tertiary alicyclic amines) is 1. The minimum Gasteiger partial charge on any atom is -0.475 e. The van der Waals surface area contributed by atoms with Crippen LogP contribution >= 0.6 is 0 Å². The van der Waals surface area contributed by atoms with Gasteiger partial charge in [-0.15, -0.1) is 5.10 Å². The fraction of sp³-hybridized carbons (Fsp3) is 0.524. The van der Waals surface area contributed by atoms with Gasteiger partial charge in [0, 0.05) is 25.2 Å². The van der Waals surface area contributed by atoms with E-state index in [0.29, 0.717) is 25.2 Å². The average molecular weight is 473 g/mol. The number of alkyl halides is 3. The zero-order valence-corrected chi connectivity index (χ0v) is 18.6. The molecular formula is C21H27F4N5O3. The van der Waals surface area contributed by atoms with Crippen LogP contribution in [-0.2, 0) is 16.9 Å². The van der Waals surface area contributed by atoms with E-state index in [4.69, 9.17) is 15.6 Å². The van der Waals surface area contributed by atoms with Gasteiger partial charge in [-0.2, -0.15) is 13.2 Å². The second-order valence-electron chi connectivity index (χ2n) is 8.57. The van der Waals surface area contributed by atoms with Crippen molar-refractivity contribution in [3.8, 4) is 0 Å². The van der Waals surface area contributed by atoms with Crippen LogP contribution in [0.5, 0.6) is 0 Å². The molecule has 1 saturated heterocycles. The van der Waals surface area contributed by atoms with E-state index in [0.717, 1.165) is 24.1 Å². The maximum absolute atomic E-state index is 13.5. The smallest absolute Gasteiger partial charge is 0.475 e. The predicted molar refractivity (Wildman–Crippen MR) is 111 cm³/mol. The molecule has 2 heterocycles. The van der Waals surface area contributed by atoms with E-state index < -0.39 is 17.7 Å². The van der Waals surface area contributed by atoms with Crippen LogP contribution in [0.1, 0.15) is 48.3 Å². The number of amides is 1. The van der Waals surface area contributed by atoms with Crippen molar-refractivity contribution in [2.75, 3.05) is 13.1 Å². The lowest BCUT2D eigenvalue weighted by molar-refractivity contribution is -0.192. The maximum Gasteiger partial charge on any atom is 0.490 e. The van der Waals surface area contributed by atoms with Crippen molar-refractivity contribution < 1.29 is 32.3 Å². The Bertz CT molecular complexity index is 985. The molecule has 1 fully saturated rings. The number of nitrogens with two attached hydrogens (primary N) is 1. The molecule has 1 aromatic carbocycles. The van der Waals surface area contributed by atoms with Crippen molar-refractivity contribution in [2.45, 2.75) is 51.9 Å². The Kier molecular flexibility index (Phi) is 8.17. The van der Waals surface area contributed by atoms with Crippen molar-refractivity contribution in [1.82, 2.24) is 19.9 Å². The second-order valence-corrected chi connectivity index (χ2v) is 8.57. The van der Waals surface area contributed by atoms with E-state index in [2.05, 4.69) is 10.3 Å². The lowest BCUT2D eigenvalue weighted by Crippen LogP contribution is -2.41. The third kappa shape index (κ3) is 7.52. The first-order valence-corrected chi connectivity index (χ1v) is 10.2. The van der Waals surface area contributed by atoms with Crippen LogP contribution in [0.15, 0.2) is 24.4 Å². The molecule has 182 valence electrons. The van der Waals surface area contributed by atoms with E-state index in [1.165, 1.54) is 12.1 Å². The molecule has 1 aromatic heterocycles. The van der Waals surface area contributed by atoms with E-state index in [-0.39, 0.29) is 17.6 Å². The largest absolute Gasteiger partial charge is 0.490 e. The van der Waals surface area contributed by atoms with Gasteiger partial charge in [-0.25, -0.2) is 9.18 Å². The van der Waals surface area contributed by atoms with Crippen molar-refractivity contribution in [2.24, 2.45) is 11.7 Å². The van der Waals surface area contributed by atoms with Gasteiger partial charge >= 0.3 is 12.1 Å². The summed E-state index contributed by atoms with van der Waals surface area (Å²) >= 11 is 0. The summed E-state index contributed by atoms with van der Waals surface area (Å²) in [6.07, 6.45) is -1.26. The molecule has 12 heteroatoms. The molecule has 1 atom stereocenters. The molecule has 1 unspecified atom stereocenters. The molecule has 3 N–H and O–H groups in total. The van der Waals surface area contributed by atoms with Crippen LogP contribution < -0.4 is 5.73 Å². The summed E-state index contributed by atoms with van der Waals surface area (Å²) in [6.45, 7) is 7.64. The number of aryl methyl sites for hydroxylation is 1. The van der Waals surface area contributed by atoms with E-state index >= 15 is 0 Å². The SMILES string of the molecule is Cc1ccc(F)cc1C(=O)N1CCCC(Cn2cc(C(C)(C)N)nn2)C1.O=C(O)C(F)(F)F. The van der Waals surface area contributed by atoms with Crippen LogP contribution in [0, 0.1) is 18.7 Å². The molecule has 0 radical (unpaired) electrons. The number of aliphatic carboxylic acids is 1. The summed E-state index contributed by atoms with van der Waals surface area (Å²) in [5, 5.41) is 15.4. The molecule has 0 saturated carbocycles. The number of rotatable bonds is 4. The van der Waals surface area contributed by atoms with Crippen LogP contribution in [0.4, 0.5) is 17.6 Å². The fourth-order valence-electron chi connectivity index (χ4n) is 3.34. The minimum absolute atomic E-state index is 0.103. The number of nitrogens with zero attached hydrogens (tertiary/aromatic N) is 4. The monoisotopic (exact) mass is 473 g/mol. The number of halogens is 4. The highest BCUT2D eigenvalue weighted by Crippen LogP contribution is 2.22. The van der Waals surface area contributed by atoms with Gasteiger partial charge in [-0.3, -0.25) is 9.48 Å². The minimum atomic E-state index is -5.08. The molecular weight excluding hydrogens is 446 g/mol. The summed E-state index contributed by atoms with van der Waals surface area (Å²) in [5.74, 6) is -2.95. The Hall–Kier alpha value is -3.02. The second kappa shape index (κ2) is 10.3. The quantitative estimate of drug-likeness (QED) is 0.660. The lowest BCUT2D eigenvalue weighted by atomic mass is 9.96. The van der Waals surface area contributed by atoms with Crippen molar-refractivity contribution in [3.63, 3.8) is 0 Å². The Morgan fingerprint density at radius 2 is 1.91 bits per heavy atom. The zero-order chi connectivity index (χ0) is 25.0. The molecule has 1 amide bonds. The third-order valence-corrected chi connectivity index (χ3v) is 5.12. The first kappa shape index (κ1) is 26.2. The number of benzene rings is 1. The highest BCUT2D eigenvalue weighted by Gasteiger charge is 2.38. The standard InChI is InChI=1S/C19H26FN5O.C2HF3O2/c1-13-6-7-15(20)9-16(13)18(26)24-8-4-5-14(10-24)11-25-12-17(22-23-25)19(2,3)21;3-2(4,5)1(6)7/h6-7,9,12,14H,4-5,8,10-11,21H2,1-3H3;(H,6,7). The third-order valence-electron chi connectivity index (χ3n) is 5.12. The van der Waals surface area contributed by atoms with Crippen molar-refractivity contribution >= 4 is 11.9 Å². The van der Waals surface area contributed by atoms with Gasteiger partial charge in [-0.1, -0.05) is 11.3 Å². The number of carboxylic acids is 1. The Morgan fingerprint density at radius 1 is 1.27 bits per heavy atom. The maximum atomic E-state index is 13.5. The van der Waals surface area contributed by atoms with Crippen LogP contribution in [-0.4, -0.2) is 56.1 Å². The molecule has 3 rings (SSSR count). The first-order chi connectivity index (χ1) is 15.2. The fourth-order valence-corrected chi connectivity index (χ4v) is 3.34. The van der Waals surface area contributed by atoms with Crippen LogP contribution in [0.2, 0.25) is 0 Å². The van der Waals surface area contributed by atoms with Gasteiger partial charge in [0.25, 0.3) is 5.91 Å². The topological polar surface area (TPSA) is 114 Å². The highest BCUT2D eigenvalue weighted by atomic mass is 19.4. The van der Waals surface area contributed by atoms with Gasteiger partial charge in [0.15, 0.2) is 0 Å². The summed E-state index contributed by atoms with van der Waals surface area (Å²) in [4.78, 5) is 23.5. The number of piperidine rings is 1. The molecule has 0 aliphatic carbocycles. The van der Waals surface area contributed by atoms with Crippen molar-refractivity contribution in [1.29, 1.82) is 0 Å². The number of aromatic nitrogens is 3. The predicted octanol–water partition coefficient (Wildman–Crippen LogP) is 3.11. The highest BCUT2D eigenvalue weighted by molar-refractivity contribution is 5.95. The molecule has 1 aliphatic rings. The number of hydrogen-bond acceptors (Lipinski definition) is 5. The normalized spacial score (nSPS) is 16.7. The molecule has 0 bridgehead atoms. The van der Waals surface area contributed by atoms with Crippen LogP contribution in [0.25, 0.3) is 0 Å². The first-order valence-electron chi connectivity index (χ1n) is 10.2. The van der Waals surface area contributed by atoms with Gasteiger partial charge in [0.2, 0.25) is 0 Å². The van der Waals surface area contributed by atoms with Crippen molar-refractivity contribution in [3.05, 3.63) is 47.0 Å². The molecule has 1 aliphatic heterocycles. The van der Waals surface area contributed by atoms with Gasteiger partial charge in [0.1, 0.15) is 11.5 Å². The Morgan fingerprint density at radius 3 is 2.45 bits per heavy atom. The molecule has 0 spiro atoms. The number of carboxylic acid groups (broad SMARTS) is 1. The molecule has 2 aromatic rings. The average Bonchev–Trinajstić information content (AvgIpc) is 3.18.